The fourth-order valence-electron chi connectivity index (χ4n) is 1.75. The van der Waals surface area contributed by atoms with Crippen molar-refractivity contribution in [2.45, 2.75) is 17.1 Å². The fraction of sp³-hybridized carbons (Fsp3) is 0.500. The normalized spacial score (nSPS) is 22.5. The van der Waals surface area contributed by atoms with E-state index in [4.69, 9.17) is 0 Å². The van der Waals surface area contributed by atoms with Gasteiger partial charge in [-0.3, -0.25) is 4.79 Å². The predicted molar refractivity (Wildman–Crippen MR) is 67.7 cm³/mol. The first-order chi connectivity index (χ1) is 8.01. The summed E-state index contributed by atoms with van der Waals surface area (Å²) in [5, 5.41) is 0.265. The molecule has 17 heavy (non-hydrogen) atoms. The van der Waals surface area contributed by atoms with E-state index in [2.05, 4.69) is 4.98 Å². The van der Waals surface area contributed by atoms with Gasteiger partial charge in [-0.15, -0.1) is 0 Å². The van der Waals surface area contributed by atoms with Gasteiger partial charge in [-0.1, -0.05) is 6.92 Å². The highest BCUT2D eigenvalue weighted by Crippen LogP contribution is 2.22. The van der Waals surface area contributed by atoms with E-state index in [9.17, 15) is 13.2 Å². The molecule has 94 valence electrons. The van der Waals surface area contributed by atoms with E-state index in [0.717, 1.165) is 5.75 Å². The Morgan fingerprint density at radius 1 is 1.53 bits per heavy atom. The lowest BCUT2D eigenvalue weighted by atomic mass is 10.4. The predicted octanol–water partition coefficient (Wildman–Crippen LogP) is 0.501. The Kier molecular flexibility index (Phi) is 3.60. The van der Waals surface area contributed by atoms with E-state index in [0.29, 0.717) is 13.1 Å². The largest absolute Gasteiger partial charge is 0.366 e. The lowest BCUT2D eigenvalue weighted by Crippen LogP contribution is -2.42. The van der Waals surface area contributed by atoms with Gasteiger partial charge in [0.2, 0.25) is 15.5 Å². The summed E-state index contributed by atoms with van der Waals surface area (Å²) in [4.78, 5) is 14.0. The SMILES string of the molecule is CC1CN(S(=O)(=O)c2c[nH]ccc2=O)CCS1. The maximum Gasteiger partial charge on any atom is 0.248 e. The maximum atomic E-state index is 12.3. The van der Waals surface area contributed by atoms with Gasteiger partial charge >= 0.3 is 0 Å². The van der Waals surface area contributed by atoms with Crippen molar-refractivity contribution in [3.8, 4) is 0 Å². The van der Waals surface area contributed by atoms with Gasteiger partial charge in [0.05, 0.1) is 0 Å². The number of pyridine rings is 1. The molecule has 0 radical (unpaired) electrons. The fourth-order valence-corrected chi connectivity index (χ4v) is 4.54. The summed E-state index contributed by atoms with van der Waals surface area (Å²) in [5.74, 6) is 0.769. The van der Waals surface area contributed by atoms with E-state index in [1.54, 1.807) is 11.8 Å². The van der Waals surface area contributed by atoms with Crippen LogP contribution in [0.25, 0.3) is 0 Å². The molecule has 7 heteroatoms. The van der Waals surface area contributed by atoms with Crippen molar-refractivity contribution < 1.29 is 8.42 Å². The van der Waals surface area contributed by atoms with Crippen LogP contribution < -0.4 is 5.43 Å². The summed E-state index contributed by atoms with van der Waals surface area (Å²) >= 11 is 1.75. The quantitative estimate of drug-likeness (QED) is 0.852. The van der Waals surface area contributed by atoms with Gasteiger partial charge < -0.3 is 4.98 Å². The molecule has 0 bridgehead atoms. The van der Waals surface area contributed by atoms with Crippen LogP contribution in [0.5, 0.6) is 0 Å². The summed E-state index contributed by atoms with van der Waals surface area (Å²) in [7, 11) is -3.65. The van der Waals surface area contributed by atoms with Gasteiger partial charge in [-0.05, 0) is 0 Å². The topological polar surface area (TPSA) is 70.2 Å². The number of nitrogens with zero attached hydrogens (tertiary/aromatic N) is 1. The Hall–Kier alpha value is -0.790. The molecule has 0 amide bonds. The molecule has 1 unspecified atom stereocenters. The van der Waals surface area contributed by atoms with Gasteiger partial charge in [0.25, 0.3) is 0 Å². The van der Waals surface area contributed by atoms with Gasteiger partial charge in [0.15, 0.2) is 0 Å². The van der Waals surface area contributed by atoms with Crippen LogP contribution in [0.3, 0.4) is 0 Å². The molecule has 1 atom stereocenters. The van der Waals surface area contributed by atoms with E-state index in [-0.39, 0.29) is 10.1 Å². The third-order valence-corrected chi connectivity index (χ3v) is 5.63. The molecule has 0 saturated carbocycles. The van der Waals surface area contributed by atoms with E-state index in [1.165, 1.54) is 22.8 Å². The van der Waals surface area contributed by atoms with Crippen molar-refractivity contribution in [2.24, 2.45) is 0 Å². The minimum Gasteiger partial charge on any atom is -0.366 e. The summed E-state index contributed by atoms with van der Waals surface area (Å²) in [6.45, 7) is 2.91. The number of sulfonamides is 1. The van der Waals surface area contributed by atoms with Gasteiger partial charge in [0.1, 0.15) is 4.90 Å². The van der Waals surface area contributed by atoms with Crippen LogP contribution in [0.2, 0.25) is 0 Å². The van der Waals surface area contributed by atoms with Crippen LogP contribution in [-0.4, -0.2) is 41.8 Å². The molecular weight excluding hydrogens is 260 g/mol. The second-order valence-corrected chi connectivity index (χ2v) is 7.37. The summed E-state index contributed by atoms with van der Waals surface area (Å²) in [6, 6.07) is 1.23. The summed E-state index contributed by atoms with van der Waals surface area (Å²) in [6.07, 6.45) is 2.68. The highest BCUT2D eigenvalue weighted by Gasteiger charge is 2.30. The second kappa shape index (κ2) is 4.83. The molecule has 1 aliphatic heterocycles. The number of nitrogens with one attached hydrogen (secondary N) is 1. The first-order valence-electron chi connectivity index (χ1n) is 5.30. The van der Waals surface area contributed by atoms with Crippen LogP contribution in [0.15, 0.2) is 28.2 Å². The molecule has 0 aliphatic carbocycles. The van der Waals surface area contributed by atoms with Crippen molar-refractivity contribution in [1.29, 1.82) is 0 Å². The zero-order valence-corrected chi connectivity index (χ0v) is 11.1. The molecule has 0 spiro atoms. The molecule has 5 nitrogen and oxygen atoms in total. The van der Waals surface area contributed by atoms with Gasteiger partial charge in [-0.2, -0.15) is 16.1 Å². The summed E-state index contributed by atoms with van der Waals surface area (Å²) in [5.41, 5.74) is -0.463. The minimum atomic E-state index is -3.65. The zero-order chi connectivity index (χ0) is 12.5. The summed E-state index contributed by atoms with van der Waals surface area (Å²) < 4.78 is 25.9. The lowest BCUT2D eigenvalue weighted by Gasteiger charge is -2.29. The van der Waals surface area contributed by atoms with Crippen LogP contribution >= 0.6 is 11.8 Å². The minimum absolute atomic E-state index is 0.167. The molecule has 1 fully saturated rings. The highest BCUT2D eigenvalue weighted by atomic mass is 32.2. The zero-order valence-electron chi connectivity index (χ0n) is 9.42. The Morgan fingerprint density at radius 3 is 2.94 bits per heavy atom. The van der Waals surface area contributed by atoms with Crippen LogP contribution in [-0.2, 0) is 10.0 Å². The van der Waals surface area contributed by atoms with Crippen molar-refractivity contribution in [1.82, 2.24) is 9.29 Å². The number of thioether (sulfide) groups is 1. The number of aromatic nitrogens is 1. The number of hydrogen-bond donors (Lipinski definition) is 1. The van der Waals surface area contributed by atoms with Crippen LogP contribution in [0.1, 0.15) is 6.92 Å². The van der Waals surface area contributed by atoms with Crippen LogP contribution in [0, 0.1) is 0 Å². The second-order valence-electron chi connectivity index (χ2n) is 3.92. The van der Waals surface area contributed by atoms with E-state index in [1.807, 2.05) is 6.92 Å². The number of aromatic amines is 1. The monoisotopic (exact) mass is 274 g/mol. The number of hydrogen-bond acceptors (Lipinski definition) is 4. The highest BCUT2D eigenvalue weighted by molar-refractivity contribution is 8.00. The van der Waals surface area contributed by atoms with Crippen LogP contribution in [0.4, 0.5) is 0 Å². The number of rotatable bonds is 2. The van der Waals surface area contributed by atoms with Gasteiger partial charge in [0, 0.05) is 42.6 Å². The average Bonchev–Trinajstić information content (AvgIpc) is 2.29. The average molecular weight is 274 g/mol. The molecule has 1 aromatic heterocycles. The maximum absolute atomic E-state index is 12.3. The molecule has 1 N–H and O–H groups in total. The van der Waals surface area contributed by atoms with Crippen molar-refractivity contribution in [2.75, 3.05) is 18.8 Å². The first-order valence-corrected chi connectivity index (χ1v) is 7.79. The third-order valence-electron chi connectivity index (χ3n) is 2.61. The molecule has 2 heterocycles. The molecule has 1 saturated heterocycles. The first kappa shape index (κ1) is 12.7. The molecule has 2 rings (SSSR count). The Morgan fingerprint density at radius 2 is 2.29 bits per heavy atom. The van der Waals surface area contributed by atoms with E-state index >= 15 is 0 Å². The number of H-pyrrole nitrogens is 1. The molecule has 0 aromatic carbocycles. The Labute approximate surface area is 104 Å². The van der Waals surface area contributed by atoms with Crippen molar-refractivity contribution in [3.05, 3.63) is 28.7 Å². The smallest absolute Gasteiger partial charge is 0.248 e. The Bertz CT molecular complexity index is 553. The van der Waals surface area contributed by atoms with Gasteiger partial charge in [-0.25, -0.2) is 8.42 Å². The lowest BCUT2D eigenvalue weighted by molar-refractivity contribution is 0.423. The van der Waals surface area contributed by atoms with E-state index < -0.39 is 15.5 Å². The Balaban J connectivity index is 2.37. The standard InChI is InChI=1S/C10H14N2O3S2/c1-8-7-12(4-5-16-8)17(14,15)10-6-11-3-2-9(10)13/h2-3,6,8H,4-5,7H2,1H3,(H,11,13). The van der Waals surface area contributed by atoms with Crippen molar-refractivity contribution in [3.63, 3.8) is 0 Å². The van der Waals surface area contributed by atoms with Crippen molar-refractivity contribution >= 4 is 21.8 Å². The molecule has 1 aromatic rings. The third kappa shape index (κ3) is 2.56. The molecular formula is C10H14N2O3S2. The molecule has 1 aliphatic rings.